The zero-order chi connectivity index (χ0) is 28.0. The maximum absolute atomic E-state index is 14.4. The summed E-state index contributed by atoms with van der Waals surface area (Å²) in [6.07, 6.45) is 0. The van der Waals surface area contributed by atoms with E-state index in [0.717, 1.165) is 42.8 Å². The van der Waals surface area contributed by atoms with Crippen LogP contribution in [0.5, 0.6) is 0 Å². The average Bonchev–Trinajstić information content (AvgIpc) is 3.17. The molecule has 1 saturated heterocycles. The number of benzene rings is 3. The number of hydrogen-bond donors (Lipinski definition) is 1. The lowest BCUT2D eigenvalue weighted by Crippen LogP contribution is -2.57. The van der Waals surface area contributed by atoms with Gasteiger partial charge in [0.05, 0.1) is 11.8 Å². The molecule has 3 atom stereocenters. The Kier molecular flexibility index (Phi) is 6.07. The fraction of sp³-hybridized carbons (Fsp3) is 0.323. The van der Waals surface area contributed by atoms with Gasteiger partial charge < -0.3 is 5.32 Å². The van der Waals surface area contributed by atoms with E-state index in [9.17, 15) is 14.4 Å². The summed E-state index contributed by atoms with van der Waals surface area (Å²) in [6, 6.07) is 17.8. The predicted molar refractivity (Wildman–Crippen MR) is 156 cm³/mol. The van der Waals surface area contributed by atoms with E-state index in [-0.39, 0.29) is 5.92 Å². The molecule has 3 aliphatic carbocycles. The molecule has 1 fully saturated rings. The molecule has 3 aromatic rings. The third kappa shape index (κ3) is 3.41. The summed E-state index contributed by atoms with van der Waals surface area (Å²) in [5, 5.41) is 2.98. The molecule has 0 aromatic heterocycles. The number of anilines is 1. The van der Waals surface area contributed by atoms with Crippen LogP contribution >= 0.6 is 39.1 Å². The van der Waals surface area contributed by atoms with E-state index in [0.29, 0.717) is 5.69 Å². The first kappa shape index (κ1) is 26.5. The molecule has 7 rings (SSSR count). The van der Waals surface area contributed by atoms with Crippen LogP contribution in [-0.2, 0) is 24.1 Å². The van der Waals surface area contributed by atoms with Crippen molar-refractivity contribution in [3.05, 3.63) is 98.5 Å². The molecule has 39 heavy (non-hydrogen) atoms. The highest BCUT2D eigenvalue weighted by Crippen LogP contribution is 2.69. The number of alkyl halides is 2. The monoisotopic (exact) mass is 624 g/mol. The Hall–Kier alpha value is -2.67. The molecule has 0 spiro atoms. The maximum atomic E-state index is 14.4. The lowest BCUT2D eigenvalue weighted by atomic mass is 9.54. The number of nitrogens with one attached hydrogen (secondary N) is 1. The first-order valence-corrected chi connectivity index (χ1v) is 14.5. The van der Waals surface area contributed by atoms with Crippen molar-refractivity contribution in [2.24, 2.45) is 17.8 Å². The molecule has 3 aromatic carbocycles. The van der Waals surface area contributed by atoms with Crippen LogP contribution in [0.2, 0.25) is 0 Å². The van der Waals surface area contributed by atoms with Gasteiger partial charge >= 0.3 is 0 Å². The minimum Gasteiger partial charge on any atom is -0.324 e. The minimum absolute atomic E-state index is 0.352. The Morgan fingerprint density at radius 1 is 0.846 bits per heavy atom. The van der Waals surface area contributed by atoms with Crippen molar-refractivity contribution in [3.63, 3.8) is 0 Å². The van der Waals surface area contributed by atoms with Crippen LogP contribution in [0.3, 0.4) is 0 Å². The fourth-order valence-corrected chi connectivity index (χ4v) is 8.36. The van der Waals surface area contributed by atoms with Gasteiger partial charge in [-0.05, 0) is 65.3 Å². The van der Waals surface area contributed by atoms with Crippen molar-refractivity contribution < 1.29 is 14.4 Å². The molecule has 1 aliphatic heterocycles. The van der Waals surface area contributed by atoms with E-state index in [1.807, 2.05) is 88.4 Å². The number of carbonyl (C=O) groups is 3. The van der Waals surface area contributed by atoms with Crippen LogP contribution in [0.15, 0.2) is 65.1 Å². The van der Waals surface area contributed by atoms with Gasteiger partial charge in [0.15, 0.2) is 0 Å². The number of rotatable bonds is 4. The lowest BCUT2D eigenvalue weighted by Gasteiger charge is -2.54. The lowest BCUT2D eigenvalue weighted by molar-refractivity contribution is -0.148. The molecule has 2 bridgehead atoms. The van der Waals surface area contributed by atoms with E-state index in [4.69, 9.17) is 23.2 Å². The summed E-state index contributed by atoms with van der Waals surface area (Å²) < 4.78 is 0.932. The number of likely N-dealkylation sites (tertiary alicyclic amines) is 1. The van der Waals surface area contributed by atoms with E-state index in [1.165, 1.54) is 0 Å². The largest absolute Gasteiger partial charge is 0.324 e. The van der Waals surface area contributed by atoms with Crippen LogP contribution in [0.4, 0.5) is 5.69 Å². The number of aryl methyl sites for hydroxylation is 2. The van der Waals surface area contributed by atoms with Gasteiger partial charge in [0.1, 0.15) is 15.8 Å². The molecule has 4 aliphatic rings. The summed E-state index contributed by atoms with van der Waals surface area (Å²) >= 11 is 18.6. The standard InChI is InChI=1S/C31H27BrCl2N2O3/c1-15(2)26(27(37)35-23-14-16(3)22(32)13-17(23)4)36-28(38)24-25(29(36)39)31(34)19-10-6-5-9-18(19)30(24,33)20-11-7-8-12-21(20)31/h5-15,24-26H,1-4H3,(H,35,37)/t24-,25+,26-,30?,31?/m0/s1. The van der Waals surface area contributed by atoms with Crippen molar-refractivity contribution in [2.45, 2.75) is 43.5 Å². The van der Waals surface area contributed by atoms with Crippen LogP contribution < -0.4 is 5.32 Å². The molecule has 3 amide bonds. The molecule has 0 radical (unpaired) electrons. The second kappa shape index (κ2) is 8.92. The second-order valence-electron chi connectivity index (χ2n) is 11.1. The number of carbonyl (C=O) groups excluding carboxylic acids is 3. The maximum Gasteiger partial charge on any atom is 0.247 e. The Morgan fingerprint density at radius 3 is 1.69 bits per heavy atom. The number of nitrogens with zero attached hydrogens (tertiary/aromatic N) is 1. The van der Waals surface area contributed by atoms with Gasteiger partial charge in [-0.25, -0.2) is 0 Å². The summed E-state index contributed by atoms with van der Waals surface area (Å²) in [4.78, 5) is 41.1. The summed E-state index contributed by atoms with van der Waals surface area (Å²) in [6.45, 7) is 7.49. The van der Waals surface area contributed by atoms with Gasteiger partial charge in [0.25, 0.3) is 0 Å². The summed E-state index contributed by atoms with van der Waals surface area (Å²) in [5.74, 6) is -3.60. The highest BCUT2D eigenvalue weighted by atomic mass is 79.9. The van der Waals surface area contributed by atoms with Crippen molar-refractivity contribution in [3.8, 4) is 0 Å². The van der Waals surface area contributed by atoms with E-state index in [2.05, 4.69) is 21.2 Å². The van der Waals surface area contributed by atoms with E-state index >= 15 is 0 Å². The Morgan fingerprint density at radius 2 is 1.28 bits per heavy atom. The third-order valence-electron chi connectivity index (χ3n) is 8.56. The number of amides is 3. The highest BCUT2D eigenvalue weighted by molar-refractivity contribution is 9.10. The predicted octanol–water partition coefficient (Wildman–Crippen LogP) is 6.62. The highest BCUT2D eigenvalue weighted by Gasteiger charge is 2.73. The Bertz CT molecular complexity index is 1460. The molecule has 200 valence electrons. The smallest absolute Gasteiger partial charge is 0.247 e. The van der Waals surface area contributed by atoms with Crippen molar-refractivity contribution in [2.75, 3.05) is 5.32 Å². The Balaban J connectivity index is 1.47. The van der Waals surface area contributed by atoms with Crippen LogP contribution in [0.25, 0.3) is 0 Å². The molecule has 1 heterocycles. The van der Waals surface area contributed by atoms with Crippen LogP contribution in [-0.4, -0.2) is 28.7 Å². The quantitative estimate of drug-likeness (QED) is 0.262. The molecular formula is C31H27BrCl2N2O3. The SMILES string of the molecule is Cc1cc(NC(=O)[C@H](C(C)C)N2C(=O)[C@@H]3[C@H](C2=O)C2(Cl)c4ccccc4C3(Cl)c3ccccc32)c(C)cc1Br. The van der Waals surface area contributed by atoms with Gasteiger partial charge in [-0.3, -0.25) is 19.3 Å². The molecule has 5 nitrogen and oxygen atoms in total. The first-order valence-electron chi connectivity index (χ1n) is 13.0. The molecular weight excluding hydrogens is 599 g/mol. The topological polar surface area (TPSA) is 66.5 Å². The van der Waals surface area contributed by atoms with Crippen molar-refractivity contribution >= 4 is 62.5 Å². The molecule has 8 heteroatoms. The van der Waals surface area contributed by atoms with Gasteiger partial charge in [0.2, 0.25) is 17.7 Å². The second-order valence-corrected chi connectivity index (χ2v) is 13.2. The molecule has 0 saturated carbocycles. The zero-order valence-electron chi connectivity index (χ0n) is 21.9. The van der Waals surface area contributed by atoms with Gasteiger partial charge in [-0.15, -0.1) is 23.2 Å². The average molecular weight is 626 g/mol. The van der Waals surface area contributed by atoms with Gasteiger partial charge in [0, 0.05) is 10.2 Å². The fourth-order valence-electron chi connectivity index (χ4n) is 6.80. The summed E-state index contributed by atoms with van der Waals surface area (Å²) in [5.41, 5.74) is 5.38. The first-order chi connectivity index (χ1) is 18.4. The van der Waals surface area contributed by atoms with E-state index < -0.39 is 45.3 Å². The van der Waals surface area contributed by atoms with Crippen LogP contribution in [0, 0.1) is 31.6 Å². The van der Waals surface area contributed by atoms with Crippen molar-refractivity contribution in [1.82, 2.24) is 4.90 Å². The molecule has 0 unspecified atom stereocenters. The normalized spacial score (nSPS) is 27.3. The summed E-state index contributed by atoms with van der Waals surface area (Å²) in [7, 11) is 0. The van der Waals surface area contributed by atoms with Crippen LogP contribution in [0.1, 0.15) is 47.2 Å². The van der Waals surface area contributed by atoms with Gasteiger partial charge in [-0.1, -0.05) is 78.3 Å². The number of imide groups is 1. The number of halogens is 3. The third-order valence-corrected chi connectivity index (χ3v) is 10.7. The minimum atomic E-state index is -1.28. The Labute approximate surface area is 246 Å². The van der Waals surface area contributed by atoms with Gasteiger partial charge in [-0.2, -0.15) is 0 Å². The number of hydrogen-bond acceptors (Lipinski definition) is 3. The van der Waals surface area contributed by atoms with Crippen molar-refractivity contribution in [1.29, 1.82) is 0 Å². The van der Waals surface area contributed by atoms with E-state index in [1.54, 1.807) is 0 Å². The zero-order valence-corrected chi connectivity index (χ0v) is 25.0. The molecule has 1 N–H and O–H groups in total.